The van der Waals surface area contributed by atoms with E-state index in [1.165, 1.54) is 18.2 Å². The highest BCUT2D eigenvalue weighted by molar-refractivity contribution is 5.97. The van der Waals surface area contributed by atoms with Crippen LogP contribution >= 0.6 is 0 Å². The number of hydrogen-bond acceptors (Lipinski definition) is 3. The first-order valence-electron chi connectivity index (χ1n) is 6.98. The Bertz CT molecular complexity index is 546. The molecule has 114 valence electrons. The van der Waals surface area contributed by atoms with Crippen molar-refractivity contribution >= 4 is 11.9 Å². The van der Waals surface area contributed by atoms with Crippen molar-refractivity contribution in [1.29, 1.82) is 0 Å². The lowest BCUT2D eigenvalue weighted by Gasteiger charge is -2.15. The van der Waals surface area contributed by atoms with E-state index in [1.807, 2.05) is 0 Å². The van der Waals surface area contributed by atoms with Crippen LogP contribution in [0.5, 0.6) is 5.75 Å². The van der Waals surface area contributed by atoms with Crippen molar-refractivity contribution in [2.45, 2.75) is 32.2 Å². The van der Waals surface area contributed by atoms with E-state index in [1.54, 1.807) is 6.92 Å². The summed E-state index contributed by atoms with van der Waals surface area (Å²) in [5.41, 5.74) is 0.135. The molecule has 1 aromatic carbocycles. The molecule has 5 nitrogen and oxygen atoms in total. The van der Waals surface area contributed by atoms with Gasteiger partial charge in [-0.15, -0.1) is 0 Å². The Kier molecular flexibility index (Phi) is 4.77. The van der Waals surface area contributed by atoms with Crippen LogP contribution in [0.3, 0.4) is 0 Å². The highest BCUT2D eigenvalue weighted by Crippen LogP contribution is 2.27. The number of rotatable bonds is 5. The summed E-state index contributed by atoms with van der Waals surface area (Å²) in [5, 5.41) is 11.7. The van der Waals surface area contributed by atoms with E-state index >= 15 is 0 Å². The van der Waals surface area contributed by atoms with Crippen molar-refractivity contribution in [3.63, 3.8) is 0 Å². The van der Waals surface area contributed by atoms with Gasteiger partial charge in [0.25, 0.3) is 5.91 Å². The maximum Gasteiger partial charge on any atom is 0.306 e. The van der Waals surface area contributed by atoms with Crippen LogP contribution in [0.2, 0.25) is 0 Å². The van der Waals surface area contributed by atoms with Gasteiger partial charge < -0.3 is 15.2 Å². The number of carbonyl (C=O) groups is 2. The highest BCUT2D eigenvalue weighted by Gasteiger charge is 2.31. The normalized spacial score (nSPS) is 21.0. The standard InChI is InChI=1S/C15H18FNO4/c1-2-21-13-11(4-3-5-12(13)16)14(18)17-10-7-6-9(8-10)15(19)20/h3-5,9-10H,2,6-8H2,1H3,(H,17,18)(H,19,20)/t9-,10+/m1/s1. The van der Waals surface area contributed by atoms with Crippen molar-refractivity contribution in [2.75, 3.05) is 6.61 Å². The molecule has 0 heterocycles. The molecule has 1 aliphatic rings. The molecule has 1 aliphatic carbocycles. The minimum absolute atomic E-state index is 0.0646. The molecule has 0 aliphatic heterocycles. The van der Waals surface area contributed by atoms with Crippen molar-refractivity contribution < 1.29 is 23.8 Å². The number of carboxylic acids is 1. The SMILES string of the molecule is CCOc1c(F)cccc1C(=O)N[C@H]1CC[C@@H](C(=O)O)C1. The van der Waals surface area contributed by atoms with Gasteiger partial charge >= 0.3 is 5.97 Å². The quantitative estimate of drug-likeness (QED) is 0.873. The molecule has 2 rings (SSSR count). The number of carboxylic acid groups (broad SMARTS) is 1. The predicted octanol–water partition coefficient (Wildman–Crippen LogP) is 2.21. The lowest BCUT2D eigenvalue weighted by atomic mass is 10.1. The Balaban J connectivity index is 2.07. The second-order valence-electron chi connectivity index (χ2n) is 5.07. The highest BCUT2D eigenvalue weighted by atomic mass is 19.1. The number of aliphatic carboxylic acids is 1. The van der Waals surface area contributed by atoms with Crippen LogP contribution in [0.4, 0.5) is 4.39 Å². The molecule has 0 spiro atoms. The van der Waals surface area contributed by atoms with Crippen molar-refractivity contribution in [3.05, 3.63) is 29.6 Å². The van der Waals surface area contributed by atoms with E-state index in [-0.39, 0.29) is 24.0 Å². The number of benzene rings is 1. The number of amides is 1. The first-order chi connectivity index (χ1) is 10.0. The van der Waals surface area contributed by atoms with Crippen LogP contribution in [-0.2, 0) is 4.79 Å². The molecular formula is C15H18FNO4. The van der Waals surface area contributed by atoms with Gasteiger partial charge in [-0.1, -0.05) is 6.07 Å². The van der Waals surface area contributed by atoms with Gasteiger partial charge in [0.1, 0.15) is 0 Å². The van der Waals surface area contributed by atoms with E-state index in [2.05, 4.69) is 5.32 Å². The zero-order valence-corrected chi connectivity index (χ0v) is 11.8. The zero-order chi connectivity index (χ0) is 15.4. The van der Waals surface area contributed by atoms with Gasteiger partial charge in [-0.25, -0.2) is 4.39 Å². The molecule has 1 saturated carbocycles. The van der Waals surface area contributed by atoms with Gasteiger partial charge in [-0.2, -0.15) is 0 Å². The summed E-state index contributed by atoms with van der Waals surface area (Å²) < 4.78 is 18.9. The summed E-state index contributed by atoms with van der Waals surface area (Å²) in [7, 11) is 0. The third-order valence-corrected chi connectivity index (χ3v) is 3.62. The summed E-state index contributed by atoms with van der Waals surface area (Å²) in [6.07, 6.45) is 1.56. The maximum atomic E-state index is 13.7. The van der Waals surface area contributed by atoms with Crippen LogP contribution in [0.1, 0.15) is 36.5 Å². The number of carbonyl (C=O) groups excluding carboxylic acids is 1. The second-order valence-corrected chi connectivity index (χ2v) is 5.07. The Morgan fingerprint density at radius 2 is 2.19 bits per heavy atom. The molecule has 1 amide bonds. The molecule has 2 N–H and O–H groups in total. The lowest BCUT2D eigenvalue weighted by molar-refractivity contribution is -0.141. The molecule has 0 saturated heterocycles. The van der Waals surface area contributed by atoms with Crippen molar-refractivity contribution in [3.8, 4) is 5.75 Å². The molecule has 0 bridgehead atoms. The van der Waals surface area contributed by atoms with Crippen LogP contribution in [-0.4, -0.2) is 29.6 Å². The zero-order valence-electron chi connectivity index (χ0n) is 11.8. The average molecular weight is 295 g/mol. The molecule has 6 heteroatoms. The summed E-state index contributed by atoms with van der Waals surface area (Å²) in [6.45, 7) is 1.97. The van der Waals surface area contributed by atoms with E-state index in [0.717, 1.165) is 0 Å². The number of hydrogen-bond donors (Lipinski definition) is 2. The van der Waals surface area contributed by atoms with Crippen molar-refractivity contribution in [2.24, 2.45) is 5.92 Å². The molecule has 0 unspecified atom stereocenters. The van der Waals surface area contributed by atoms with E-state index in [9.17, 15) is 14.0 Å². The fraction of sp³-hybridized carbons (Fsp3) is 0.467. The Morgan fingerprint density at radius 1 is 1.43 bits per heavy atom. The average Bonchev–Trinajstić information content (AvgIpc) is 2.90. The molecule has 2 atom stereocenters. The maximum absolute atomic E-state index is 13.7. The number of nitrogens with one attached hydrogen (secondary N) is 1. The number of ether oxygens (including phenoxy) is 1. The van der Waals surface area contributed by atoms with Crippen LogP contribution < -0.4 is 10.1 Å². The fourth-order valence-corrected chi connectivity index (χ4v) is 2.58. The van der Waals surface area contributed by atoms with E-state index < -0.39 is 23.6 Å². The lowest BCUT2D eigenvalue weighted by Crippen LogP contribution is -2.33. The van der Waals surface area contributed by atoms with E-state index in [4.69, 9.17) is 9.84 Å². The van der Waals surface area contributed by atoms with Crippen molar-refractivity contribution in [1.82, 2.24) is 5.32 Å². The van der Waals surface area contributed by atoms with Gasteiger partial charge in [0, 0.05) is 6.04 Å². The van der Waals surface area contributed by atoms with Gasteiger partial charge in [0.2, 0.25) is 0 Å². The molecule has 0 radical (unpaired) electrons. The monoisotopic (exact) mass is 295 g/mol. The van der Waals surface area contributed by atoms with E-state index in [0.29, 0.717) is 19.3 Å². The molecule has 21 heavy (non-hydrogen) atoms. The van der Waals surface area contributed by atoms with Crippen LogP contribution in [0.25, 0.3) is 0 Å². The largest absolute Gasteiger partial charge is 0.490 e. The third kappa shape index (κ3) is 3.51. The molecule has 1 fully saturated rings. The molecule has 1 aromatic rings. The van der Waals surface area contributed by atoms with Crippen LogP contribution in [0.15, 0.2) is 18.2 Å². The van der Waals surface area contributed by atoms with Gasteiger partial charge in [-0.05, 0) is 38.3 Å². The van der Waals surface area contributed by atoms with Gasteiger partial charge in [-0.3, -0.25) is 9.59 Å². The Labute approximate surface area is 122 Å². The number of halogens is 1. The minimum atomic E-state index is -0.840. The smallest absolute Gasteiger partial charge is 0.306 e. The molecule has 0 aromatic heterocycles. The topological polar surface area (TPSA) is 75.6 Å². The first kappa shape index (κ1) is 15.3. The summed E-state index contributed by atoms with van der Waals surface area (Å²) in [4.78, 5) is 23.1. The number of para-hydroxylation sites is 1. The van der Waals surface area contributed by atoms with Gasteiger partial charge in [0.05, 0.1) is 18.1 Å². The van der Waals surface area contributed by atoms with Gasteiger partial charge in [0.15, 0.2) is 11.6 Å². The Morgan fingerprint density at radius 3 is 2.81 bits per heavy atom. The third-order valence-electron chi connectivity index (χ3n) is 3.62. The predicted molar refractivity (Wildman–Crippen MR) is 73.8 cm³/mol. The summed E-state index contributed by atoms with van der Waals surface area (Å²) >= 11 is 0. The molecular weight excluding hydrogens is 277 g/mol. The fourth-order valence-electron chi connectivity index (χ4n) is 2.58. The second kappa shape index (κ2) is 6.56. The minimum Gasteiger partial charge on any atom is -0.490 e. The Hall–Kier alpha value is -2.11. The summed E-state index contributed by atoms with van der Waals surface area (Å²) in [6, 6.07) is 3.98. The first-order valence-corrected chi connectivity index (χ1v) is 6.98. The summed E-state index contributed by atoms with van der Waals surface area (Å²) in [5.74, 6) is -2.35. The van der Waals surface area contributed by atoms with Crippen LogP contribution in [0, 0.1) is 11.7 Å².